The van der Waals surface area contributed by atoms with Crippen LogP contribution in [-0.2, 0) is 22.7 Å². The van der Waals surface area contributed by atoms with Gasteiger partial charge in [-0.25, -0.2) is 9.59 Å². The summed E-state index contributed by atoms with van der Waals surface area (Å²) >= 11 is 0. The second-order valence-corrected chi connectivity index (χ2v) is 15.5. The van der Waals surface area contributed by atoms with Gasteiger partial charge in [-0.3, -0.25) is 0 Å². The Morgan fingerprint density at radius 3 is 1.34 bits per heavy atom. The summed E-state index contributed by atoms with van der Waals surface area (Å²) in [6.45, 7) is 12.1. The Bertz CT molecular complexity index is 1780. The molecule has 0 saturated carbocycles. The third-order valence-corrected chi connectivity index (χ3v) is 8.49. The molecule has 0 bridgehead atoms. The van der Waals surface area contributed by atoms with Gasteiger partial charge in [0, 0.05) is 27.1 Å². The van der Waals surface area contributed by atoms with Gasteiger partial charge in [0.25, 0.3) is 0 Å². The molecule has 4 aromatic carbocycles. The first-order valence-electron chi connectivity index (χ1n) is 19.0. The van der Waals surface area contributed by atoms with Gasteiger partial charge in [0.2, 0.25) is 0 Å². The van der Waals surface area contributed by atoms with Gasteiger partial charge >= 0.3 is 12.2 Å². The van der Waals surface area contributed by atoms with E-state index in [2.05, 4.69) is 6.07 Å². The number of benzene rings is 4. The second-order valence-electron chi connectivity index (χ2n) is 15.5. The Labute approximate surface area is 333 Å². The molecule has 0 aliphatic carbocycles. The lowest BCUT2D eigenvalue weighted by Gasteiger charge is -2.31. The number of aliphatic hydroxyl groups excluding tert-OH is 1. The van der Waals surface area contributed by atoms with E-state index in [0.29, 0.717) is 38.9 Å². The maximum atomic E-state index is 12.5. The monoisotopic (exact) mass is 765 g/mol. The fraction of sp³-hybridized carbons (Fsp3) is 0.413. The Hall–Kier alpha value is -5.53. The molecule has 300 valence electrons. The predicted octanol–water partition coefficient (Wildman–Crippen LogP) is 10.4. The van der Waals surface area contributed by atoms with Crippen molar-refractivity contribution in [3.05, 3.63) is 131 Å². The van der Waals surface area contributed by atoms with E-state index >= 15 is 0 Å². The average molecular weight is 766 g/mol. The van der Waals surface area contributed by atoms with Crippen molar-refractivity contribution in [2.75, 3.05) is 20.7 Å². The van der Waals surface area contributed by atoms with Crippen molar-refractivity contribution in [1.82, 2.24) is 9.80 Å². The van der Waals surface area contributed by atoms with Crippen LogP contribution in [0.15, 0.2) is 109 Å². The minimum Gasteiger partial charge on any atom is -0.489 e. The molecule has 0 aliphatic heterocycles. The van der Waals surface area contributed by atoms with Crippen LogP contribution < -0.4 is 9.47 Å². The van der Waals surface area contributed by atoms with Crippen LogP contribution in [0, 0.1) is 11.3 Å². The van der Waals surface area contributed by atoms with Crippen molar-refractivity contribution >= 4 is 12.2 Å². The summed E-state index contributed by atoms with van der Waals surface area (Å²) < 4.78 is 22.6. The molecule has 2 amide bonds. The van der Waals surface area contributed by atoms with Crippen molar-refractivity contribution in [1.29, 1.82) is 5.26 Å². The molecular weight excluding hydrogens is 707 g/mol. The average Bonchev–Trinajstić information content (AvgIpc) is 3.17. The number of carbonyl (C=O) groups is 2. The molecular formula is C46H59N3O7. The lowest BCUT2D eigenvalue weighted by molar-refractivity contribution is 0.0199. The molecule has 10 nitrogen and oxygen atoms in total. The highest BCUT2D eigenvalue weighted by atomic mass is 16.6. The normalized spacial score (nSPS) is 12.1. The van der Waals surface area contributed by atoms with Gasteiger partial charge in [-0.2, -0.15) is 5.26 Å². The van der Waals surface area contributed by atoms with Gasteiger partial charge in [0.1, 0.15) is 35.9 Å². The van der Waals surface area contributed by atoms with Crippen molar-refractivity contribution in [3.63, 3.8) is 0 Å². The van der Waals surface area contributed by atoms with Gasteiger partial charge in [-0.05, 0) is 107 Å². The highest BCUT2D eigenvalue weighted by molar-refractivity contribution is 5.69. The van der Waals surface area contributed by atoms with E-state index in [9.17, 15) is 14.7 Å². The zero-order valence-corrected chi connectivity index (χ0v) is 34.2. The molecule has 56 heavy (non-hydrogen) atoms. The van der Waals surface area contributed by atoms with Gasteiger partial charge in [0.05, 0.1) is 18.2 Å². The Kier molecular flexibility index (Phi) is 17.7. The summed E-state index contributed by atoms with van der Waals surface area (Å²) in [7, 11) is 3.44. The number of amides is 2. The summed E-state index contributed by atoms with van der Waals surface area (Å²) in [5.74, 6) is 1.53. The number of nitriles is 1. The Balaban J connectivity index is 0.000000300. The van der Waals surface area contributed by atoms with E-state index in [1.807, 2.05) is 151 Å². The summed E-state index contributed by atoms with van der Waals surface area (Å²) in [5.41, 5.74) is 3.01. The van der Waals surface area contributed by atoms with E-state index in [4.69, 9.17) is 24.2 Å². The fourth-order valence-corrected chi connectivity index (χ4v) is 5.63. The first-order chi connectivity index (χ1) is 26.6. The largest absolute Gasteiger partial charge is 0.489 e. The van der Waals surface area contributed by atoms with Crippen LogP contribution in [0.5, 0.6) is 11.5 Å². The highest BCUT2D eigenvalue weighted by Gasteiger charge is 2.27. The fourth-order valence-electron chi connectivity index (χ4n) is 5.63. The van der Waals surface area contributed by atoms with E-state index in [-0.39, 0.29) is 24.8 Å². The van der Waals surface area contributed by atoms with Crippen LogP contribution in [0.4, 0.5) is 9.59 Å². The molecule has 2 atom stereocenters. The van der Waals surface area contributed by atoms with Gasteiger partial charge in [-0.1, -0.05) is 84.9 Å². The Morgan fingerprint density at radius 2 is 1.00 bits per heavy atom. The summed E-state index contributed by atoms with van der Waals surface area (Å²) in [4.78, 5) is 28.1. The summed E-state index contributed by atoms with van der Waals surface area (Å²) in [6.07, 6.45) is 1.36. The summed E-state index contributed by atoms with van der Waals surface area (Å²) in [5, 5.41) is 18.2. The molecule has 2 unspecified atom stereocenters. The van der Waals surface area contributed by atoms with Gasteiger partial charge in [-0.15, -0.1) is 0 Å². The third-order valence-electron chi connectivity index (χ3n) is 8.49. The second kappa shape index (κ2) is 22.1. The quantitative estimate of drug-likeness (QED) is 0.127. The molecule has 0 saturated heterocycles. The first kappa shape index (κ1) is 44.9. The van der Waals surface area contributed by atoms with Crippen molar-refractivity contribution < 1.29 is 33.6 Å². The molecule has 1 N–H and O–H groups in total. The maximum absolute atomic E-state index is 12.5. The third kappa shape index (κ3) is 16.1. The molecule has 0 spiro atoms. The van der Waals surface area contributed by atoms with Crippen LogP contribution in [0.1, 0.15) is 102 Å². The SMILES string of the molecule is CN(C(=O)OC(C)(C)C)C(CCC#N)c1ccc(OCc2ccccc2)cc1.CN(C(=O)OC(C)(C)C)C(CCCO)c1ccc(OCc2ccccc2)cc1. The molecule has 4 aromatic rings. The number of hydrogen-bond donors (Lipinski definition) is 1. The molecule has 0 heterocycles. The zero-order valence-electron chi connectivity index (χ0n) is 34.2. The lowest BCUT2D eigenvalue weighted by Crippen LogP contribution is -2.36. The van der Waals surface area contributed by atoms with E-state index in [1.165, 1.54) is 0 Å². The van der Waals surface area contributed by atoms with Crippen molar-refractivity contribution in [2.45, 2.75) is 104 Å². The summed E-state index contributed by atoms with van der Waals surface area (Å²) in [6, 6.07) is 37.1. The molecule has 0 aliphatic rings. The van der Waals surface area contributed by atoms with Crippen LogP contribution in [0.25, 0.3) is 0 Å². The predicted molar refractivity (Wildman–Crippen MR) is 219 cm³/mol. The number of hydrogen-bond acceptors (Lipinski definition) is 8. The Morgan fingerprint density at radius 1 is 0.625 bits per heavy atom. The van der Waals surface area contributed by atoms with Crippen LogP contribution in [0.3, 0.4) is 0 Å². The number of nitrogens with zero attached hydrogens (tertiary/aromatic N) is 3. The molecule has 0 aromatic heterocycles. The van der Waals surface area contributed by atoms with Crippen LogP contribution in [-0.4, -0.2) is 59.0 Å². The van der Waals surface area contributed by atoms with Crippen molar-refractivity contribution in [3.8, 4) is 17.6 Å². The standard InChI is InChI=1S/C23H28N2O3.C23H31NO4/c1-23(2,3)28-22(26)25(4)21(11-8-16-24)19-12-14-20(15-13-19)27-17-18-9-6-5-7-10-18;1-23(2,3)28-22(26)24(4)21(11-8-16-25)19-12-14-20(15-13-19)27-17-18-9-6-5-7-10-18/h5-7,9-10,12-15,21H,8,11,17H2,1-4H3;5-7,9-10,12-15,21,25H,8,11,16-17H2,1-4H3. The molecule has 4 rings (SSSR count). The highest BCUT2D eigenvalue weighted by Crippen LogP contribution is 2.30. The maximum Gasteiger partial charge on any atom is 0.410 e. The van der Waals surface area contributed by atoms with Crippen LogP contribution in [0.2, 0.25) is 0 Å². The number of carbonyl (C=O) groups excluding carboxylic acids is 2. The van der Waals surface area contributed by atoms with E-state index in [0.717, 1.165) is 33.8 Å². The van der Waals surface area contributed by atoms with E-state index in [1.54, 1.807) is 23.9 Å². The lowest BCUT2D eigenvalue weighted by atomic mass is 10.0. The minimum absolute atomic E-state index is 0.0803. The van der Waals surface area contributed by atoms with Crippen molar-refractivity contribution in [2.24, 2.45) is 0 Å². The van der Waals surface area contributed by atoms with E-state index < -0.39 is 17.3 Å². The first-order valence-corrected chi connectivity index (χ1v) is 19.0. The number of ether oxygens (including phenoxy) is 4. The minimum atomic E-state index is -0.569. The molecule has 0 fully saturated rings. The molecule has 0 radical (unpaired) electrons. The zero-order chi connectivity index (χ0) is 41.1. The smallest absolute Gasteiger partial charge is 0.410 e. The van der Waals surface area contributed by atoms with Gasteiger partial charge < -0.3 is 33.9 Å². The van der Waals surface area contributed by atoms with Gasteiger partial charge in [0.15, 0.2) is 0 Å². The topological polar surface area (TPSA) is 122 Å². The molecule has 10 heteroatoms. The number of aliphatic hydroxyl groups is 1. The van der Waals surface area contributed by atoms with Crippen LogP contribution >= 0.6 is 0 Å². The number of rotatable bonds is 15.